The van der Waals surface area contributed by atoms with Crippen LogP contribution in [0.4, 0.5) is 0 Å². The smallest absolute Gasteiger partial charge is 0.333 e. The molecule has 0 rings (SSSR count). The van der Waals surface area contributed by atoms with E-state index in [4.69, 9.17) is 20.1 Å². The van der Waals surface area contributed by atoms with Gasteiger partial charge in [-0.15, -0.1) is 0 Å². The maximum atomic E-state index is 9.72. The SMILES string of the molecule is CCCCCCCCCCCCCCCCCCOCCCN(C)C.O=C(O)CC(O)C(=O)O. The van der Waals surface area contributed by atoms with Gasteiger partial charge in [-0.05, 0) is 33.5 Å². The zero-order valence-corrected chi connectivity index (χ0v) is 22.4. The summed E-state index contributed by atoms with van der Waals surface area (Å²) in [4.78, 5) is 21.6. The molecule has 3 N–H and O–H groups in total. The molecule has 0 aliphatic carbocycles. The first-order chi connectivity index (χ1) is 16.3. The number of aliphatic carboxylic acids is 2. The summed E-state index contributed by atoms with van der Waals surface area (Å²) in [5, 5.41) is 24.1. The number of carbonyl (C=O) groups is 2. The molecule has 0 saturated heterocycles. The first-order valence-corrected chi connectivity index (χ1v) is 13.7. The predicted octanol–water partition coefficient (Wildman–Crippen LogP) is 6.12. The lowest BCUT2D eigenvalue weighted by Gasteiger charge is -2.09. The second-order valence-electron chi connectivity index (χ2n) is 9.52. The average molecular weight is 490 g/mol. The number of aliphatic hydroxyl groups excluding tert-OH is 1. The van der Waals surface area contributed by atoms with Gasteiger partial charge >= 0.3 is 11.9 Å². The molecule has 0 aromatic rings. The Hall–Kier alpha value is -1.18. The fourth-order valence-corrected chi connectivity index (χ4v) is 3.59. The minimum atomic E-state index is -1.79. The van der Waals surface area contributed by atoms with Gasteiger partial charge in [0.05, 0.1) is 6.42 Å². The van der Waals surface area contributed by atoms with Gasteiger partial charge in [-0.3, -0.25) is 4.79 Å². The van der Waals surface area contributed by atoms with Crippen molar-refractivity contribution in [2.75, 3.05) is 33.9 Å². The molecule has 204 valence electrons. The third-order valence-electron chi connectivity index (χ3n) is 5.69. The van der Waals surface area contributed by atoms with Crippen molar-refractivity contribution in [3.63, 3.8) is 0 Å². The number of rotatable bonds is 24. The van der Waals surface area contributed by atoms with Crippen LogP contribution in [0.2, 0.25) is 0 Å². The van der Waals surface area contributed by atoms with Crippen molar-refractivity contribution in [3.05, 3.63) is 0 Å². The molecule has 0 aromatic carbocycles. The summed E-state index contributed by atoms with van der Waals surface area (Å²) in [6.07, 6.45) is 21.5. The van der Waals surface area contributed by atoms with Crippen LogP contribution in [0.25, 0.3) is 0 Å². The van der Waals surface area contributed by atoms with E-state index in [0.29, 0.717) is 0 Å². The average Bonchev–Trinajstić information content (AvgIpc) is 2.77. The normalized spacial score (nSPS) is 11.8. The van der Waals surface area contributed by atoms with Crippen molar-refractivity contribution in [2.24, 2.45) is 0 Å². The minimum absolute atomic E-state index is 0.755. The number of carboxylic acid groups (broad SMARTS) is 2. The maximum Gasteiger partial charge on any atom is 0.333 e. The fraction of sp³-hybridized carbons (Fsp3) is 0.926. The number of ether oxygens (including phenoxy) is 1. The van der Waals surface area contributed by atoms with Crippen LogP contribution in [0, 0.1) is 0 Å². The molecule has 1 unspecified atom stereocenters. The van der Waals surface area contributed by atoms with Gasteiger partial charge in [0.25, 0.3) is 0 Å². The summed E-state index contributed by atoms with van der Waals surface area (Å²) in [6.45, 7) is 5.32. The highest BCUT2D eigenvalue weighted by atomic mass is 16.5. The van der Waals surface area contributed by atoms with Gasteiger partial charge in [-0.1, -0.05) is 103 Å². The molecule has 7 nitrogen and oxygen atoms in total. The van der Waals surface area contributed by atoms with E-state index in [1.54, 1.807) is 0 Å². The number of aliphatic hydroxyl groups is 1. The van der Waals surface area contributed by atoms with Crippen LogP contribution in [0.15, 0.2) is 0 Å². The van der Waals surface area contributed by atoms with E-state index < -0.39 is 24.5 Å². The summed E-state index contributed by atoms with van der Waals surface area (Å²) >= 11 is 0. The quantitative estimate of drug-likeness (QED) is 0.140. The Bertz CT molecular complexity index is 445. The third kappa shape index (κ3) is 33.0. The van der Waals surface area contributed by atoms with Crippen molar-refractivity contribution < 1.29 is 29.6 Å². The molecule has 0 bridgehead atoms. The monoisotopic (exact) mass is 489 g/mol. The Morgan fingerprint density at radius 2 is 1.06 bits per heavy atom. The van der Waals surface area contributed by atoms with E-state index in [-0.39, 0.29) is 0 Å². The number of unbranched alkanes of at least 4 members (excludes halogenated alkanes) is 15. The van der Waals surface area contributed by atoms with Crippen LogP contribution in [0.3, 0.4) is 0 Å². The molecule has 1 atom stereocenters. The van der Waals surface area contributed by atoms with Crippen molar-refractivity contribution in [1.82, 2.24) is 4.90 Å². The van der Waals surface area contributed by atoms with Crippen molar-refractivity contribution in [2.45, 2.75) is 129 Å². The highest BCUT2D eigenvalue weighted by Gasteiger charge is 2.16. The standard InChI is InChI=1S/C23H49NO.C4H6O5/c1-4-5-6-7-8-9-10-11-12-13-14-15-16-17-18-19-22-25-23-20-21-24(2)3;5-2(4(8)9)1-3(6)7/h4-23H2,1-3H3;2,5H,1H2,(H,6,7)(H,8,9). The topological polar surface area (TPSA) is 107 Å². The summed E-state index contributed by atoms with van der Waals surface area (Å²) in [6, 6.07) is 0. The Balaban J connectivity index is 0. The molecule has 34 heavy (non-hydrogen) atoms. The van der Waals surface area contributed by atoms with Crippen LogP contribution >= 0.6 is 0 Å². The van der Waals surface area contributed by atoms with Gasteiger partial charge < -0.3 is 25.0 Å². The second-order valence-corrected chi connectivity index (χ2v) is 9.52. The number of nitrogens with zero attached hydrogens (tertiary/aromatic N) is 1. The lowest BCUT2D eigenvalue weighted by Crippen LogP contribution is -2.22. The second kappa shape index (κ2) is 28.1. The predicted molar refractivity (Wildman–Crippen MR) is 139 cm³/mol. The molecule has 0 heterocycles. The largest absolute Gasteiger partial charge is 0.481 e. The molecule has 0 amide bonds. The van der Waals surface area contributed by atoms with Gasteiger partial charge in [0.1, 0.15) is 0 Å². The Morgan fingerprint density at radius 3 is 1.38 bits per heavy atom. The van der Waals surface area contributed by atoms with Crippen LogP contribution in [0.5, 0.6) is 0 Å². The Morgan fingerprint density at radius 1 is 0.676 bits per heavy atom. The number of hydrogen-bond donors (Lipinski definition) is 3. The van der Waals surface area contributed by atoms with E-state index >= 15 is 0 Å². The molecule has 0 fully saturated rings. The lowest BCUT2D eigenvalue weighted by molar-refractivity contribution is -0.152. The van der Waals surface area contributed by atoms with Crippen molar-refractivity contribution in [1.29, 1.82) is 0 Å². The number of hydrogen-bond acceptors (Lipinski definition) is 5. The van der Waals surface area contributed by atoms with Gasteiger partial charge in [0.15, 0.2) is 6.10 Å². The molecule has 0 aliphatic heterocycles. The fourth-order valence-electron chi connectivity index (χ4n) is 3.59. The molecule has 0 saturated carbocycles. The Kier molecular flexibility index (Phi) is 28.9. The van der Waals surface area contributed by atoms with Crippen LogP contribution < -0.4 is 0 Å². The van der Waals surface area contributed by atoms with Gasteiger partial charge in [0.2, 0.25) is 0 Å². The van der Waals surface area contributed by atoms with Crippen molar-refractivity contribution in [3.8, 4) is 0 Å². The van der Waals surface area contributed by atoms with Crippen LogP contribution in [-0.2, 0) is 14.3 Å². The lowest BCUT2D eigenvalue weighted by atomic mass is 10.0. The zero-order chi connectivity index (χ0) is 25.9. The van der Waals surface area contributed by atoms with E-state index in [0.717, 1.165) is 26.2 Å². The first kappa shape index (κ1) is 35.0. The minimum Gasteiger partial charge on any atom is -0.481 e. The van der Waals surface area contributed by atoms with Gasteiger partial charge in [-0.2, -0.15) is 0 Å². The highest BCUT2D eigenvalue weighted by molar-refractivity contribution is 5.79. The zero-order valence-electron chi connectivity index (χ0n) is 22.4. The summed E-state index contributed by atoms with van der Waals surface area (Å²) in [5.74, 6) is -2.85. The molecular weight excluding hydrogens is 434 g/mol. The van der Waals surface area contributed by atoms with Gasteiger partial charge in [0, 0.05) is 13.2 Å². The van der Waals surface area contributed by atoms with E-state index in [9.17, 15) is 9.59 Å². The summed E-state index contributed by atoms with van der Waals surface area (Å²) < 4.78 is 5.68. The highest BCUT2D eigenvalue weighted by Crippen LogP contribution is 2.13. The van der Waals surface area contributed by atoms with Crippen LogP contribution in [-0.4, -0.2) is 72.1 Å². The van der Waals surface area contributed by atoms with Gasteiger partial charge in [-0.25, -0.2) is 4.79 Å². The van der Waals surface area contributed by atoms with Crippen molar-refractivity contribution >= 4 is 11.9 Å². The molecule has 0 radical (unpaired) electrons. The van der Waals surface area contributed by atoms with E-state index in [1.807, 2.05) is 0 Å². The molecule has 0 aliphatic rings. The molecule has 7 heteroatoms. The third-order valence-corrected chi connectivity index (χ3v) is 5.69. The maximum absolute atomic E-state index is 9.72. The Labute approximate surface area is 209 Å². The van der Waals surface area contributed by atoms with E-state index in [2.05, 4.69) is 25.9 Å². The first-order valence-electron chi connectivity index (χ1n) is 13.7. The molecule has 0 aromatic heterocycles. The number of carboxylic acids is 2. The van der Waals surface area contributed by atoms with E-state index in [1.165, 1.54) is 103 Å². The molecular formula is C27H55NO6. The molecule has 0 spiro atoms. The van der Waals surface area contributed by atoms with Crippen LogP contribution in [0.1, 0.15) is 122 Å². The summed E-state index contributed by atoms with van der Waals surface area (Å²) in [5.41, 5.74) is 0. The summed E-state index contributed by atoms with van der Waals surface area (Å²) in [7, 11) is 4.24.